The number of aromatic nitrogens is 2. The average molecular weight is 797 g/mol. The lowest BCUT2D eigenvalue weighted by atomic mass is 9.45. The highest BCUT2D eigenvalue weighted by molar-refractivity contribution is 5.94. The predicted molar refractivity (Wildman–Crippen MR) is 180 cm³/mol. The van der Waals surface area contributed by atoms with Gasteiger partial charge in [0.05, 0.1) is 24.5 Å². The van der Waals surface area contributed by atoms with Crippen LogP contribution in [0, 0.1) is 28.5 Å². The molecule has 1 aromatic rings. The van der Waals surface area contributed by atoms with Crippen molar-refractivity contribution in [3.8, 4) is 0 Å². The second-order valence-electron chi connectivity index (χ2n) is 16.3. The number of nitrogens with zero attached hydrogens (tertiary/aromatic N) is 1. The van der Waals surface area contributed by atoms with Crippen molar-refractivity contribution in [3.05, 3.63) is 56.4 Å². The Hall–Kier alpha value is -4.01. The normalized spacial score (nSPS) is 39.4. The number of nitrogens with one attached hydrogen (secondary N) is 1. The van der Waals surface area contributed by atoms with E-state index in [0.717, 1.165) is 4.57 Å². The van der Waals surface area contributed by atoms with Crippen LogP contribution in [0.2, 0.25) is 0 Å². The molecule has 7 unspecified atom stereocenters. The number of halogens is 3. The Balaban J connectivity index is 0.959. The fourth-order valence-corrected chi connectivity index (χ4v) is 10.2. The number of Topliss-reactive ketones (excluding diaryl/α,β-unsaturated/α-hetero) is 1. The highest BCUT2D eigenvalue weighted by Crippen LogP contribution is 2.72. The number of fused-ring (bicyclic) bond motifs is 7. The summed E-state index contributed by atoms with van der Waals surface area (Å²) in [5.74, 6) is -8.17. The molecule has 0 spiro atoms. The van der Waals surface area contributed by atoms with Crippen molar-refractivity contribution in [2.45, 2.75) is 107 Å². The number of ether oxygens (including phenoxy) is 6. The van der Waals surface area contributed by atoms with Crippen LogP contribution >= 0.6 is 0 Å². The Morgan fingerprint density at radius 3 is 2.41 bits per heavy atom. The lowest BCUT2D eigenvalue weighted by molar-refractivity contribution is -0.244. The standard InChI is InChI=1S/C37H43F3N2O14/c1-33(2)55-27-9-18-19-8-21(38)20-7-17(43)5-6-34(20,3)36(19,40)25(45)11-35(18,4)37(27,56-33)26(46)14-53-30(48)16-51-15-29(47)52-13-24-23(44)10-28(54-24)42-12-22(39)31(49)41-32(42)50/h5-6,12,18-19,23-25,27-28,44-45H,7-11,13-16H2,1-4H3,(H,41,49,50)/t18?,19?,23?,24?,25-,27+,28?,34?,35?,36-,37+/m0/s1. The molecule has 0 aromatic carbocycles. The number of carbonyl (C=O) groups excluding carboxylic acids is 4. The Labute approximate surface area is 316 Å². The van der Waals surface area contributed by atoms with Gasteiger partial charge in [0.15, 0.2) is 29.4 Å². The summed E-state index contributed by atoms with van der Waals surface area (Å²) in [4.78, 5) is 76.5. The number of esters is 2. The number of aliphatic hydroxyl groups is 2. The summed E-state index contributed by atoms with van der Waals surface area (Å²) in [5.41, 5.74) is -9.34. The molecule has 4 fully saturated rings. The first-order valence-corrected chi connectivity index (χ1v) is 18.3. The van der Waals surface area contributed by atoms with E-state index in [0.29, 0.717) is 6.20 Å². The molecule has 306 valence electrons. The lowest BCUT2D eigenvalue weighted by Crippen LogP contribution is -2.70. The molecule has 2 aliphatic heterocycles. The molecule has 3 heterocycles. The monoisotopic (exact) mass is 796 g/mol. The van der Waals surface area contributed by atoms with Gasteiger partial charge in [0.2, 0.25) is 11.6 Å². The molecule has 6 aliphatic rings. The van der Waals surface area contributed by atoms with Crippen molar-refractivity contribution >= 4 is 23.5 Å². The van der Waals surface area contributed by atoms with E-state index in [4.69, 9.17) is 28.4 Å². The van der Waals surface area contributed by atoms with Gasteiger partial charge in [0.25, 0.3) is 5.56 Å². The van der Waals surface area contributed by atoms with Gasteiger partial charge in [0.1, 0.15) is 38.0 Å². The molecule has 0 amide bonds. The van der Waals surface area contributed by atoms with E-state index in [2.05, 4.69) is 0 Å². The van der Waals surface area contributed by atoms with Crippen LogP contribution in [-0.4, -0.2) is 111 Å². The minimum absolute atomic E-state index is 0.00301. The van der Waals surface area contributed by atoms with Gasteiger partial charge < -0.3 is 38.6 Å². The molecule has 19 heteroatoms. The number of allylic oxidation sites excluding steroid dienone is 4. The van der Waals surface area contributed by atoms with Crippen LogP contribution in [0.25, 0.3) is 0 Å². The number of hydrogen-bond acceptors (Lipinski definition) is 14. The summed E-state index contributed by atoms with van der Waals surface area (Å²) < 4.78 is 81.3. The first kappa shape index (κ1) is 40.2. The first-order chi connectivity index (χ1) is 26.2. The maximum Gasteiger partial charge on any atom is 0.332 e. The zero-order valence-electron chi connectivity index (χ0n) is 31.0. The molecule has 2 saturated heterocycles. The van der Waals surface area contributed by atoms with Gasteiger partial charge in [-0.2, -0.15) is 4.39 Å². The van der Waals surface area contributed by atoms with E-state index in [9.17, 15) is 43.4 Å². The molecule has 56 heavy (non-hydrogen) atoms. The molecule has 0 radical (unpaired) electrons. The summed E-state index contributed by atoms with van der Waals surface area (Å²) in [5, 5.41) is 22.0. The third kappa shape index (κ3) is 6.12. The summed E-state index contributed by atoms with van der Waals surface area (Å²) in [6.45, 7) is 3.43. The molecule has 3 N–H and O–H groups in total. The highest BCUT2D eigenvalue weighted by atomic mass is 19.1. The van der Waals surface area contributed by atoms with Gasteiger partial charge in [-0.25, -0.2) is 23.2 Å². The fraction of sp³-hybridized carbons (Fsp3) is 0.676. The van der Waals surface area contributed by atoms with Crippen LogP contribution in [0.4, 0.5) is 13.2 Å². The van der Waals surface area contributed by atoms with E-state index < -0.39 is 144 Å². The summed E-state index contributed by atoms with van der Waals surface area (Å²) in [7, 11) is 0. The Bertz CT molecular complexity index is 2030. The van der Waals surface area contributed by atoms with Crippen molar-refractivity contribution < 1.29 is 71.0 Å². The lowest BCUT2D eigenvalue weighted by Gasteiger charge is -2.62. The summed E-state index contributed by atoms with van der Waals surface area (Å²) >= 11 is 0. The van der Waals surface area contributed by atoms with Crippen LogP contribution in [0.1, 0.15) is 66.0 Å². The van der Waals surface area contributed by atoms with E-state index in [-0.39, 0.29) is 37.0 Å². The molecule has 0 bridgehead atoms. The maximum absolute atomic E-state index is 17.6. The smallest absolute Gasteiger partial charge is 0.332 e. The average Bonchev–Trinajstić information content (AvgIpc) is 3.71. The second kappa shape index (κ2) is 13.8. The predicted octanol–water partition coefficient (Wildman–Crippen LogP) is 1.16. The van der Waals surface area contributed by atoms with Crippen LogP contribution in [0.3, 0.4) is 0 Å². The van der Waals surface area contributed by atoms with Crippen LogP contribution < -0.4 is 11.2 Å². The van der Waals surface area contributed by atoms with Crippen LogP contribution in [0.5, 0.6) is 0 Å². The molecule has 1 aromatic heterocycles. The number of carbonyl (C=O) groups is 4. The highest BCUT2D eigenvalue weighted by Gasteiger charge is 2.80. The Kier molecular flexibility index (Phi) is 9.93. The van der Waals surface area contributed by atoms with E-state index in [1.165, 1.54) is 19.1 Å². The third-order valence-corrected chi connectivity index (χ3v) is 12.7. The zero-order valence-corrected chi connectivity index (χ0v) is 31.0. The number of alkyl halides is 1. The molecule has 2 saturated carbocycles. The Morgan fingerprint density at radius 2 is 1.70 bits per heavy atom. The van der Waals surface area contributed by atoms with Crippen molar-refractivity contribution in [1.82, 2.24) is 9.55 Å². The van der Waals surface area contributed by atoms with Gasteiger partial charge in [-0.05, 0) is 51.2 Å². The topological polar surface area (TPSA) is 219 Å². The first-order valence-electron chi connectivity index (χ1n) is 18.3. The molecule has 7 rings (SSSR count). The van der Waals surface area contributed by atoms with Crippen molar-refractivity contribution in [2.24, 2.45) is 22.7 Å². The van der Waals surface area contributed by atoms with Crippen LogP contribution in [0.15, 0.2) is 39.3 Å². The molecular weight excluding hydrogens is 753 g/mol. The van der Waals surface area contributed by atoms with E-state index in [1.807, 2.05) is 0 Å². The number of aromatic amines is 1. The van der Waals surface area contributed by atoms with E-state index in [1.54, 1.807) is 25.8 Å². The van der Waals surface area contributed by atoms with Crippen molar-refractivity contribution in [3.63, 3.8) is 0 Å². The Morgan fingerprint density at radius 1 is 1.00 bits per heavy atom. The summed E-state index contributed by atoms with van der Waals surface area (Å²) in [6.07, 6.45) is -4.11. The van der Waals surface area contributed by atoms with Crippen molar-refractivity contribution in [2.75, 3.05) is 26.4 Å². The number of H-pyrrole nitrogens is 1. The minimum Gasteiger partial charge on any atom is -0.461 e. The number of ketones is 2. The number of hydrogen-bond donors (Lipinski definition) is 3. The SMILES string of the molecule is CC1(C)O[C@@H]2CC3C4CC(F)=C5CC(=O)C=CC5(C)[C@@]4(F)[C@@H](O)CC3(C)[C@]2(C(=O)COC(=O)COCC(=O)OCC2OC(n3cc(F)c(=O)[nH]c3=O)CC2O)O1. The molecule has 11 atom stereocenters. The number of aliphatic hydroxyl groups excluding tert-OH is 2. The van der Waals surface area contributed by atoms with Gasteiger partial charge >= 0.3 is 17.6 Å². The molecule has 16 nitrogen and oxygen atoms in total. The third-order valence-electron chi connectivity index (χ3n) is 12.7. The van der Waals surface area contributed by atoms with Crippen molar-refractivity contribution in [1.29, 1.82) is 0 Å². The largest absolute Gasteiger partial charge is 0.461 e. The van der Waals surface area contributed by atoms with Gasteiger partial charge in [0, 0.05) is 36.0 Å². The molecule has 4 aliphatic carbocycles. The van der Waals surface area contributed by atoms with E-state index >= 15 is 8.78 Å². The van der Waals surface area contributed by atoms with Gasteiger partial charge in [-0.3, -0.25) is 23.9 Å². The minimum atomic E-state index is -2.39. The zero-order chi connectivity index (χ0) is 40.7. The molecular formula is C37H43F3N2O14. The second-order valence-corrected chi connectivity index (χ2v) is 16.3. The summed E-state index contributed by atoms with van der Waals surface area (Å²) in [6, 6.07) is 0. The van der Waals surface area contributed by atoms with Crippen LogP contribution in [-0.2, 0) is 47.6 Å². The maximum atomic E-state index is 17.6. The number of rotatable bonds is 10. The van der Waals surface area contributed by atoms with Gasteiger partial charge in [-0.1, -0.05) is 13.0 Å². The fourth-order valence-electron chi connectivity index (χ4n) is 10.2. The quantitative estimate of drug-likeness (QED) is 0.283. The van der Waals surface area contributed by atoms with Gasteiger partial charge in [-0.15, -0.1) is 0 Å².